The first kappa shape index (κ1) is 12.7. The second kappa shape index (κ2) is 6.23. The second-order valence-corrected chi connectivity index (χ2v) is 4.71. The maximum absolute atomic E-state index is 13.3. The van der Waals surface area contributed by atoms with E-state index in [2.05, 4.69) is 15.8 Å². The van der Waals surface area contributed by atoms with Crippen LogP contribution in [0.4, 0.5) is 10.1 Å². The third-order valence-corrected chi connectivity index (χ3v) is 3.02. The van der Waals surface area contributed by atoms with Crippen LogP contribution < -0.4 is 10.7 Å². The lowest BCUT2D eigenvalue weighted by molar-refractivity contribution is 0.632. The van der Waals surface area contributed by atoms with E-state index in [-0.39, 0.29) is 10.9 Å². The average Bonchev–Trinajstić information content (AvgIpc) is 2.85. The summed E-state index contributed by atoms with van der Waals surface area (Å²) in [6.07, 6.45) is 1.65. The van der Waals surface area contributed by atoms with Crippen molar-refractivity contribution in [2.45, 2.75) is 0 Å². The lowest BCUT2D eigenvalue weighted by Crippen LogP contribution is -2.24. The van der Waals surface area contributed by atoms with Crippen molar-refractivity contribution in [3.8, 4) is 0 Å². The minimum atomic E-state index is -0.358. The van der Waals surface area contributed by atoms with Gasteiger partial charge in [0.05, 0.1) is 11.9 Å². The highest BCUT2D eigenvalue weighted by atomic mass is 32.1. The van der Waals surface area contributed by atoms with E-state index < -0.39 is 0 Å². The highest BCUT2D eigenvalue weighted by Gasteiger charge is 2.01. The minimum absolute atomic E-state index is 0.243. The molecule has 0 radical (unpaired) electrons. The number of nitrogens with one attached hydrogen (secondary N) is 2. The molecule has 0 saturated heterocycles. The molecule has 2 N–H and O–H groups in total. The Balaban J connectivity index is 1.88. The van der Waals surface area contributed by atoms with Crippen LogP contribution in [-0.2, 0) is 0 Å². The molecular weight excluding hydrogens is 269 g/mol. The molecule has 0 amide bonds. The highest BCUT2D eigenvalue weighted by molar-refractivity contribution is 7.80. The van der Waals surface area contributed by atoms with Crippen LogP contribution in [0.5, 0.6) is 0 Å². The van der Waals surface area contributed by atoms with Gasteiger partial charge in [-0.3, -0.25) is 5.43 Å². The third-order valence-electron chi connectivity index (χ3n) is 2.02. The molecule has 0 saturated carbocycles. The van der Waals surface area contributed by atoms with Crippen molar-refractivity contribution >= 4 is 40.6 Å². The van der Waals surface area contributed by atoms with Gasteiger partial charge >= 0.3 is 0 Å². The standard InChI is InChI=1S/C12H10FN3S2/c13-10-5-1-2-6-11(10)15-12(17)16-14-8-9-4-3-7-18-9/h1-8H,(H2,15,16,17)/b14-8-. The van der Waals surface area contributed by atoms with E-state index >= 15 is 0 Å². The molecule has 0 unspecified atom stereocenters. The summed E-state index contributed by atoms with van der Waals surface area (Å²) in [7, 11) is 0. The summed E-state index contributed by atoms with van der Waals surface area (Å²) in [6, 6.07) is 10.2. The Kier molecular flexibility index (Phi) is 4.38. The molecule has 3 nitrogen and oxygen atoms in total. The lowest BCUT2D eigenvalue weighted by atomic mass is 10.3. The Morgan fingerprint density at radius 1 is 1.28 bits per heavy atom. The molecule has 6 heteroatoms. The molecule has 0 spiro atoms. The van der Waals surface area contributed by atoms with Crippen LogP contribution in [0, 0.1) is 5.82 Å². The Bertz CT molecular complexity index is 552. The minimum Gasteiger partial charge on any atom is -0.329 e. The number of hydrazone groups is 1. The summed E-state index contributed by atoms with van der Waals surface area (Å²) in [5.41, 5.74) is 2.95. The normalized spacial score (nSPS) is 10.5. The first-order valence-corrected chi connectivity index (χ1v) is 6.42. The van der Waals surface area contributed by atoms with Gasteiger partial charge < -0.3 is 5.32 Å². The molecule has 1 heterocycles. The van der Waals surface area contributed by atoms with Crippen LogP contribution in [0.15, 0.2) is 46.9 Å². The van der Waals surface area contributed by atoms with Gasteiger partial charge in [-0.15, -0.1) is 11.3 Å². The average molecular weight is 279 g/mol. The number of hydrogen-bond donors (Lipinski definition) is 2. The van der Waals surface area contributed by atoms with Gasteiger partial charge in [0, 0.05) is 4.88 Å². The zero-order valence-electron chi connectivity index (χ0n) is 9.26. The molecule has 0 fully saturated rings. The molecule has 1 aromatic carbocycles. The van der Waals surface area contributed by atoms with Gasteiger partial charge in [-0.2, -0.15) is 5.10 Å². The molecule has 0 aliphatic heterocycles. The van der Waals surface area contributed by atoms with E-state index in [9.17, 15) is 4.39 Å². The summed E-state index contributed by atoms with van der Waals surface area (Å²) < 4.78 is 13.3. The summed E-state index contributed by atoms with van der Waals surface area (Å²) in [5, 5.41) is 8.87. The molecule has 2 aromatic rings. The molecule has 92 valence electrons. The first-order chi connectivity index (χ1) is 8.75. The number of benzene rings is 1. The van der Waals surface area contributed by atoms with Crippen molar-refractivity contribution in [2.75, 3.05) is 5.32 Å². The van der Waals surface area contributed by atoms with E-state index in [0.29, 0.717) is 5.69 Å². The van der Waals surface area contributed by atoms with Gasteiger partial charge in [0.25, 0.3) is 0 Å². The zero-order chi connectivity index (χ0) is 12.8. The first-order valence-electron chi connectivity index (χ1n) is 5.14. The number of thiocarbonyl (C=S) groups is 1. The fourth-order valence-corrected chi connectivity index (χ4v) is 1.98. The van der Waals surface area contributed by atoms with E-state index in [1.54, 1.807) is 35.8 Å². The van der Waals surface area contributed by atoms with Crippen LogP contribution in [0.3, 0.4) is 0 Å². The summed E-state index contributed by atoms with van der Waals surface area (Å²) in [5.74, 6) is -0.358. The van der Waals surface area contributed by atoms with Crippen LogP contribution in [0.25, 0.3) is 0 Å². The van der Waals surface area contributed by atoms with Gasteiger partial charge in [0.1, 0.15) is 5.82 Å². The number of halogens is 1. The number of thiophene rings is 1. The lowest BCUT2D eigenvalue weighted by Gasteiger charge is -2.07. The Morgan fingerprint density at radius 2 is 2.11 bits per heavy atom. The van der Waals surface area contributed by atoms with Crippen LogP contribution in [-0.4, -0.2) is 11.3 Å². The molecule has 0 atom stereocenters. The van der Waals surface area contributed by atoms with E-state index in [4.69, 9.17) is 12.2 Å². The van der Waals surface area contributed by atoms with Crippen molar-refractivity contribution in [3.63, 3.8) is 0 Å². The van der Waals surface area contributed by atoms with Crippen LogP contribution >= 0.6 is 23.6 Å². The number of hydrogen-bond acceptors (Lipinski definition) is 3. The predicted octanol–water partition coefficient (Wildman–Crippen LogP) is 3.21. The van der Waals surface area contributed by atoms with Crippen LogP contribution in [0.1, 0.15) is 4.88 Å². The summed E-state index contributed by atoms with van der Waals surface area (Å²) >= 11 is 6.56. The largest absolute Gasteiger partial charge is 0.329 e. The van der Waals surface area contributed by atoms with E-state index in [0.717, 1.165) is 4.88 Å². The number of rotatable bonds is 3. The van der Waals surface area contributed by atoms with Gasteiger partial charge in [-0.05, 0) is 35.8 Å². The predicted molar refractivity (Wildman–Crippen MR) is 77.7 cm³/mol. The Hall–Kier alpha value is -1.79. The smallest absolute Gasteiger partial charge is 0.191 e. The zero-order valence-corrected chi connectivity index (χ0v) is 10.9. The molecular formula is C12H10FN3S2. The molecule has 2 rings (SSSR count). The third kappa shape index (κ3) is 3.61. The molecule has 0 aliphatic rings. The maximum Gasteiger partial charge on any atom is 0.191 e. The van der Waals surface area contributed by atoms with Crippen molar-refractivity contribution in [3.05, 3.63) is 52.5 Å². The monoisotopic (exact) mass is 279 g/mol. The van der Waals surface area contributed by atoms with Crippen LogP contribution in [0.2, 0.25) is 0 Å². The highest BCUT2D eigenvalue weighted by Crippen LogP contribution is 2.11. The maximum atomic E-state index is 13.3. The topological polar surface area (TPSA) is 36.4 Å². The van der Waals surface area contributed by atoms with Crippen molar-refractivity contribution in [1.82, 2.24) is 5.43 Å². The van der Waals surface area contributed by atoms with Gasteiger partial charge in [-0.25, -0.2) is 4.39 Å². The Labute approximate surface area is 113 Å². The van der Waals surface area contributed by atoms with E-state index in [1.807, 2.05) is 17.5 Å². The number of anilines is 1. The number of para-hydroxylation sites is 1. The quantitative estimate of drug-likeness (QED) is 0.514. The molecule has 0 bridgehead atoms. The van der Waals surface area contributed by atoms with Crippen molar-refractivity contribution in [1.29, 1.82) is 0 Å². The van der Waals surface area contributed by atoms with Gasteiger partial charge in [0.2, 0.25) is 0 Å². The summed E-state index contributed by atoms with van der Waals surface area (Å²) in [6.45, 7) is 0. The van der Waals surface area contributed by atoms with E-state index in [1.165, 1.54) is 6.07 Å². The fourth-order valence-electron chi connectivity index (χ4n) is 1.23. The number of nitrogens with zero attached hydrogens (tertiary/aromatic N) is 1. The fraction of sp³-hybridized carbons (Fsp3) is 0. The van der Waals surface area contributed by atoms with Crippen molar-refractivity contribution < 1.29 is 4.39 Å². The van der Waals surface area contributed by atoms with Crippen molar-refractivity contribution in [2.24, 2.45) is 5.10 Å². The molecule has 1 aromatic heterocycles. The van der Waals surface area contributed by atoms with Gasteiger partial charge in [-0.1, -0.05) is 18.2 Å². The Morgan fingerprint density at radius 3 is 2.83 bits per heavy atom. The van der Waals surface area contributed by atoms with Gasteiger partial charge in [0.15, 0.2) is 5.11 Å². The molecule has 18 heavy (non-hydrogen) atoms. The second-order valence-electron chi connectivity index (χ2n) is 3.32. The SMILES string of the molecule is Fc1ccccc1NC(=S)N/N=C\c1cccs1. The molecule has 0 aliphatic carbocycles. The summed E-state index contributed by atoms with van der Waals surface area (Å²) in [4.78, 5) is 1.01.